The fraction of sp³-hybridized carbons (Fsp3) is 0.385. The van der Waals surface area contributed by atoms with Gasteiger partial charge in [-0.2, -0.15) is 4.80 Å². The van der Waals surface area contributed by atoms with Crippen LogP contribution in [0.4, 0.5) is 4.39 Å². The average Bonchev–Trinajstić information content (AvgIpc) is 3.06. The molecule has 1 fully saturated rings. The minimum atomic E-state index is -3.05. The smallest absolute Gasteiger partial charge is 0.243 e. The Balaban J connectivity index is 1.60. The molecule has 1 atom stereocenters. The third-order valence-electron chi connectivity index (χ3n) is 3.44. The molecule has 1 aromatic heterocycles. The summed E-state index contributed by atoms with van der Waals surface area (Å²) in [5.74, 6) is -0.415. The third-order valence-corrected chi connectivity index (χ3v) is 5.21. The molecule has 0 aliphatic carbocycles. The van der Waals surface area contributed by atoms with Crippen LogP contribution in [0.3, 0.4) is 0 Å². The van der Waals surface area contributed by atoms with Crippen molar-refractivity contribution in [1.82, 2.24) is 25.5 Å². The van der Waals surface area contributed by atoms with Crippen molar-refractivity contribution in [2.75, 3.05) is 11.5 Å². The molecular weight excluding hydrogens is 325 g/mol. The first-order valence-corrected chi connectivity index (χ1v) is 8.77. The zero-order valence-electron chi connectivity index (χ0n) is 12.0. The topological polar surface area (TPSA) is 107 Å². The van der Waals surface area contributed by atoms with Gasteiger partial charge in [-0.15, -0.1) is 10.2 Å². The summed E-state index contributed by atoms with van der Waals surface area (Å²) in [5.41, 5.74) is 0.583. The Morgan fingerprint density at radius 2 is 2.09 bits per heavy atom. The SMILES string of the molecule is O=C(Cn1nnc(-c2ccc(F)cc2)n1)NC1CCS(=O)(=O)C1. The fourth-order valence-electron chi connectivity index (χ4n) is 2.34. The molecule has 0 bridgehead atoms. The Morgan fingerprint density at radius 3 is 2.74 bits per heavy atom. The molecule has 1 N–H and O–H groups in total. The lowest BCUT2D eigenvalue weighted by molar-refractivity contribution is -0.122. The second-order valence-electron chi connectivity index (χ2n) is 5.32. The van der Waals surface area contributed by atoms with Gasteiger partial charge in [0.1, 0.15) is 12.4 Å². The van der Waals surface area contributed by atoms with E-state index in [0.29, 0.717) is 12.0 Å². The van der Waals surface area contributed by atoms with Crippen LogP contribution in [-0.2, 0) is 21.2 Å². The number of nitrogens with zero attached hydrogens (tertiary/aromatic N) is 4. The van der Waals surface area contributed by atoms with Crippen molar-refractivity contribution in [3.8, 4) is 11.4 Å². The maximum atomic E-state index is 12.9. The van der Waals surface area contributed by atoms with Crippen molar-refractivity contribution in [1.29, 1.82) is 0 Å². The standard InChI is InChI=1S/C13H14FN5O3S/c14-10-3-1-9(2-4-10)13-16-18-19(17-13)7-12(20)15-11-5-6-23(21,22)8-11/h1-4,11H,5-8H2,(H,15,20). The Labute approximate surface area is 131 Å². The first-order chi connectivity index (χ1) is 10.9. The Morgan fingerprint density at radius 1 is 1.35 bits per heavy atom. The van der Waals surface area contributed by atoms with E-state index in [1.807, 2.05) is 0 Å². The monoisotopic (exact) mass is 339 g/mol. The van der Waals surface area contributed by atoms with Crippen LogP contribution in [0, 0.1) is 5.82 Å². The number of sulfone groups is 1. The molecule has 1 aromatic carbocycles. The molecule has 3 rings (SSSR count). The van der Waals surface area contributed by atoms with Crippen LogP contribution in [0.15, 0.2) is 24.3 Å². The van der Waals surface area contributed by atoms with E-state index in [9.17, 15) is 17.6 Å². The van der Waals surface area contributed by atoms with Crippen molar-refractivity contribution < 1.29 is 17.6 Å². The van der Waals surface area contributed by atoms with E-state index in [0.717, 1.165) is 4.80 Å². The molecular formula is C13H14FN5O3S. The minimum absolute atomic E-state index is 0.0373. The van der Waals surface area contributed by atoms with Crippen LogP contribution in [0.2, 0.25) is 0 Å². The molecule has 122 valence electrons. The van der Waals surface area contributed by atoms with Crippen LogP contribution in [0.25, 0.3) is 11.4 Å². The lowest BCUT2D eigenvalue weighted by Crippen LogP contribution is -2.38. The molecule has 2 heterocycles. The highest BCUT2D eigenvalue weighted by atomic mass is 32.2. The second kappa shape index (κ2) is 6.03. The van der Waals surface area contributed by atoms with Gasteiger partial charge in [-0.1, -0.05) is 0 Å². The summed E-state index contributed by atoms with van der Waals surface area (Å²) in [5, 5.41) is 14.3. The third kappa shape index (κ3) is 3.89. The first-order valence-electron chi connectivity index (χ1n) is 6.95. The molecule has 23 heavy (non-hydrogen) atoms. The fourth-order valence-corrected chi connectivity index (χ4v) is 4.01. The summed E-state index contributed by atoms with van der Waals surface area (Å²) in [6.07, 6.45) is 0.416. The summed E-state index contributed by atoms with van der Waals surface area (Å²) in [6, 6.07) is 5.22. The predicted molar refractivity (Wildman–Crippen MR) is 78.4 cm³/mol. The molecule has 1 amide bonds. The van der Waals surface area contributed by atoms with E-state index in [4.69, 9.17) is 0 Å². The molecule has 1 saturated heterocycles. The zero-order chi connectivity index (χ0) is 16.4. The molecule has 1 aliphatic rings. The van der Waals surface area contributed by atoms with Gasteiger partial charge < -0.3 is 5.32 Å². The quantitative estimate of drug-likeness (QED) is 0.825. The van der Waals surface area contributed by atoms with Gasteiger partial charge in [0.2, 0.25) is 11.7 Å². The molecule has 0 saturated carbocycles. The van der Waals surface area contributed by atoms with Crippen molar-refractivity contribution in [2.24, 2.45) is 0 Å². The van der Waals surface area contributed by atoms with Gasteiger partial charge in [-0.05, 0) is 35.9 Å². The highest BCUT2D eigenvalue weighted by Gasteiger charge is 2.29. The number of hydrogen-bond acceptors (Lipinski definition) is 6. The molecule has 0 radical (unpaired) electrons. The largest absolute Gasteiger partial charge is 0.351 e. The Kier molecular flexibility index (Phi) is 4.07. The molecule has 10 heteroatoms. The van der Waals surface area contributed by atoms with E-state index >= 15 is 0 Å². The second-order valence-corrected chi connectivity index (χ2v) is 7.55. The lowest BCUT2D eigenvalue weighted by Gasteiger charge is -2.09. The normalized spacial score (nSPS) is 19.6. The highest BCUT2D eigenvalue weighted by Crippen LogP contribution is 2.14. The van der Waals surface area contributed by atoms with Gasteiger partial charge in [0, 0.05) is 11.6 Å². The average molecular weight is 339 g/mol. The molecule has 8 nitrogen and oxygen atoms in total. The van der Waals surface area contributed by atoms with E-state index in [2.05, 4.69) is 20.7 Å². The molecule has 0 spiro atoms. The van der Waals surface area contributed by atoms with E-state index in [-0.39, 0.29) is 41.6 Å². The summed E-state index contributed by atoms with van der Waals surface area (Å²) < 4.78 is 35.6. The van der Waals surface area contributed by atoms with Crippen LogP contribution < -0.4 is 5.32 Å². The summed E-state index contributed by atoms with van der Waals surface area (Å²) >= 11 is 0. The van der Waals surface area contributed by atoms with Crippen molar-refractivity contribution in [3.05, 3.63) is 30.1 Å². The maximum absolute atomic E-state index is 12.9. The zero-order valence-corrected chi connectivity index (χ0v) is 12.8. The van der Waals surface area contributed by atoms with E-state index < -0.39 is 9.84 Å². The molecule has 1 unspecified atom stereocenters. The predicted octanol–water partition coefficient (Wildman–Crippen LogP) is -0.218. The highest BCUT2D eigenvalue weighted by molar-refractivity contribution is 7.91. The maximum Gasteiger partial charge on any atom is 0.243 e. The van der Waals surface area contributed by atoms with Gasteiger partial charge in [-0.3, -0.25) is 4.79 Å². The number of aromatic nitrogens is 4. The number of tetrazole rings is 1. The summed E-state index contributed by atoms with van der Waals surface area (Å²) in [6.45, 7) is -0.162. The number of halogens is 1. The van der Waals surface area contributed by atoms with Gasteiger partial charge in [-0.25, -0.2) is 12.8 Å². The first kappa shape index (κ1) is 15.5. The number of nitrogens with one attached hydrogen (secondary N) is 1. The van der Waals surface area contributed by atoms with Crippen LogP contribution >= 0.6 is 0 Å². The van der Waals surface area contributed by atoms with Gasteiger partial charge in [0.15, 0.2) is 9.84 Å². The molecule has 2 aromatic rings. The number of hydrogen-bond donors (Lipinski definition) is 1. The number of benzene rings is 1. The van der Waals surface area contributed by atoms with Gasteiger partial charge in [0.25, 0.3) is 0 Å². The summed E-state index contributed by atoms with van der Waals surface area (Å²) in [7, 11) is -3.05. The summed E-state index contributed by atoms with van der Waals surface area (Å²) in [4.78, 5) is 13.0. The minimum Gasteiger partial charge on any atom is -0.351 e. The van der Waals surface area contributed by atoms with Crippen LogP contribution in [0.5, 0.6) is 0 Å². The lowest BCUT2D eigenvalue weighted by atomic mass is 10.2. The van der Waals surface area contributed by atoms with E-state index in [1.54, 1.807) is 0 Å². The van der Waals surface area contributed by atoms with Crippen LogP contribution in [-0.4, -0.2) is 52.1 Å². The number of rotatable bonds is 4. The van der Waals surface area contributed by atoms with Crippen LogP contribution in [0.1, 0.15) is 6.42 Å². The Bertz CT molecular complexity index is 818. The van der Waals surface area contributed by atoms with Crippen molar-refractivity contribution >= 4 is 15.7 Å². The van der Waals surface area contributed by atoms with Crippen molar-refractivity contribution in [3.63, 3.8) is 0 Å². The number of carbonyl (C=O) groups excluding carboxylic acids is 1. The van der Waals surface area contributed by atoms with E-state index in [1.165, 1.54) is 24.3 Å². The number of carbonyl (C=O) groups is 1. The molecule has 1 aliphatic heterocycles. The number of amides is 1. The Hall–Kier alpha value is -2.36. The van der Waals surface area contributed by atoms with Gasteiger partial charge >= 0.3 is 0 Å². The van der Waals surface area contributed by atoms with Crippen molar-refractivity contribution in [2.45, 2.75) is 19.0 Å². The van der Waals surface area contributed by atoms with Gasteiger partial charge in [0.05, 0.1) is 11.5 Å².